The number of hydrogen-bond donors (Lipinski definition) is 1. The molecule has 34 heavy (non-hydrogen) atoms. The van der Waals surface area contributed by atoms with Gasteiger partial charge in [-0.15, -0.1) is 0 Å². The zero-order valence-corrected chi connectivity index (χ0v) is 18.7. The SMILES string of the molecule is O=C(NCCC(=O)N(Cc1ccc(OCc2ccccc2)cc1)c1ccccc1)c1ccco1. The summed E-state index contributed by atoms with van der Waals surface area (Å²) in [7, 11) is 0. The zero-order valence-electron chi connectivity index (χ0n) is 18.7. The van der Waals surface area contributed by atoms with Crippen LogP contribution in [0.3, 0.4) is 0 Å². The first-order chi connectivity index (χ1) is 16.7. The van der Waals surface area contributed by atoms with Gasteiger partial charge in [-0.3, -0.25) is 9.59 Å². The van der Waals surface area contributed by atoms with E-state index in [1.54, 1.807) is 17.0 Å². The Hall–Kier alpha value is -4.32. The van der Waals surface area contributed by atoms with Crippen molar-refractivity contribution in [3.05, 3.63) is 120 Å². The molecule has 1 heterocycles. The monoisotopic (exact) mass is 454 g/mol. The molecule has 0 aliphatic carbocycles. The van der Waals surface area contributed by atoms with Gasteiger partial charge in [-0.05, 0) is 47.5 Å². The van der Waals surface area contributed by atoms with Crippen molar-refractivity contribution >= 4 is 17.5 Å². The molecular formula is C28H26N2O4. The summed E-state index contributed by atoms with van der Waals surface area (Å²) in [5.41, 5.74) is 2.88. The first kappa shape index (κ1) is 22.9. The second-order valence-electron chi connectivity index (χ2n) is 7.72. The molecule has 0 radical (unpaired) electrons. The van der Waals surface area contributed by atoms with E-state index in [0.29, 0.717) is 13.2 Å². The van der Waals surface area contributed by atoms with Crippen molar-refractivity contribution in [2.75, 3.05) is 11.4 Å². The van der Waals surface area contributed by atoms with Crippen molar-refractivity contribution in [3.8, 4) is 5.75 Å². The van der Waals surface area contributed by atoms with Crippen molar-refractivity contribution in [2.45, 2.75) is 19.6 Å². The minimum Gasteiger partial charge on any atom is -0.489 e. The van der Waals surface area contributed by atoms with Crippen LogP contribution in [0.5, 0.6) is 5.75 Å². The van der Waals surface area contributed by atoms with E-state index >= 15 is 0 Å². The third-order valence-electron chi connectivity index (χ3n) is 5.25. The highest BCUT2D eigenvalue weighted by molar-refractivity contribution is 5.94. The Balaban J connectivity index is 1.37. The maximum Gasteiger partial charge on any atom is 0.286 e. The molecule has 0 aliphatic heterocycles. The minimum absolute atomic E-state index is 0.0876. The molecule has 6 nitrogen and oxygen atoms in total. The van der Waals surface area contributed by atoms with Gasteiger partial charge in [0.25, 0.3) is 5.91 Å². The summed E-state index contributed by atoms with van der Waals surface area (Å²) in [5, 5.41) is 2.72. The van der Waals surface area contributed by atoms with E-state index in [2.05, 4.69) is 5.32 Å². The number of furan rings is 1. The second-order valence-corrected chi connectivity index (χ2v) is 7.72. The van der Waals surface area contributed by atoms with Crippen LogP contribution in [0, 0.1) is 0 Å². The molecule has 2 amide bonds. The summed E-state index contributed by atoms with van der Waals surface area (Å²) in [6.45, 7) is 1.13. The first-order valence-electron chi connectivity index (χ1n) is 11.1. The van der Waals surface area contributed by atoms with Gasteiger partial charge < -0.3 is 19.4 Å². The molecular weight excluding hydrogens is 428 g/mol. The van der Waals surface area contributed by atoms with Gasteiger partial charge in [-0.25, -0.2) is 0 Å². The number of amides is 2. The number of hydrogen-bond acceptors (Lipinski definition) is 4. The molecule has 4 aromatic rings. The average molecular weight is 455 g/mol. The number of para-hydroxylation sites is 1. The van der Waals surface area contributed by atoms with Crippen molar-refractivity contribution in [1.82, 2.24) is 5.32 Å². The van der Waals surface area contributed by atoms with Crippen molar-refractivity contribution in [1.29, 1.82) is 0 Å². The van der Waals surface area contributed by atoms with E-state index in [9.17, 15) is 9.59 Å². The lowest BCUT2D eigenvalue weighted by molar-refractivity contribution is -0.118. The molecule has 0 atom stereocenters. The molecule has 0 bridgehead atoms. The summed E-state index contributed by atoms with van der Waals surface area (Å²) in [4.78, 5) is 26.8. The number of nitrogens with zero attached hydrogens (tertiary/aromatic N) is 1. The van der Waals surface area contributed by atoms with Gasteiger partial charge in [0.15, 0.2) is 5.76 Å². The highest BCUT2D eigenvalue weighted by Crippen LogP contribution is 2.20. The Labute approximate surface area is 198 Å². The van der Waals surface area contributed by atoms with E-state index in [0.717, 1.165) is 22.6 Å². The summed E-state index contributed by atoms with van der Waals surface area (Å²) < 4.78 is 10.9. The summed E-state index contributed by atoms with van der Waals surface area (Å²) in [6.07, 6.45) is 1.61. The summed E-state index contributed by atoms with van der Waals surface area (Å²) in [5.74, 6) is 0.568. The fraction of sp³-hybridized carbons (Fsp3) is 0.143. The fourth-order valence-corrected chi connectivity index (χ4v) is 3.46. The highest BCUT2D eigenvalue weighted by Gasteiger charge is 2.17. The van der Waals surface area contributed by atoms with Gasteiger partial charge in [0.1, 0.15) is 12.4 Å². The van der Waals surface area contributed by atoms with E-state index in [1.165, 1.54) is 6.26 Å². The van der Waals surface area contributed by atoms with Gasteiger partial charge in [0.05, 0.1) is 12.8 Å². The Morgan fingerprint density at radius 1 is 0.794 bits per heavy atom. The second kappa shape index (κ2) is 11.5. The normalized spacial score (nSPS) is 10.5. The lowest BCUT2D eigenvalue weighted by Gasteiger charge is -2.23. The molecule has 172 valence electrons. The molecule has 0 unspecified atom stereocenters. The third-order valence-corrected chi connectivity index (χ3v) is 5.25. The minimum atomic E-state index is -0.338. The molecule has 0 fully saturated rings. The van der Waals surface area contributed by atoms with Gasteiger partial charge in [-0.2, -0.15) is 0 Å². The number of ether oxygens (including phenoxy) is 1. The van der Waals surface area contributed by atoms with Crippen LogP contribution in [0.2, 0.25) is 0 Å². The molecule has 0 aliphatic rings. The van der Waals surface area contributed by atoms with Crippen LogP contribution >= 0.6 is 0 Å². The standard InChI is InChI=1S/C28H26N2O4/c31-27(17-18-29-28(32)26-12-7-19-33-26)30(24-10-5-2-6-11-24)20-22-13-15-25(16-14-22)34-21-23-8-3-1-4-9-23/h1-16,19H,17-18,20-21H2,(H,29,32). The van der Waals surface area contributed by atoms with E-state index in [1.807, 2.05) is 84.9 Å². The van der Waals surface area contributed by atoms with Gasteiger partial charge in [-0.1, -0.05) is 60.7 Å². The molecule has 0 spiro atoms. The highest BCUT2D eigenvalue weighted by atomic mass is 16.5. The van der Waals surface area contributed by atoms with Crippen LogP contribution in [0.4, 0.5) is 5.69 Å². The van der Waals surface area contributed by atoms with Crippen LogP contribution in [0.25, 0.3) is 0 Å². The van der Waals surface area contributed by atoms with E-state index in [-0.39, 0.29) is 30.5 Å². The Kier molecular flexibility index (Phi) is 7.74. The maximum absolute atomic E-state index is 13.1. The Morgan fingerprint density at radius 3 is 2.18 bits per heavy atom. The van der Waals surface area contributed by atoms with Crippen LogP contribution < -0.4 is 15.0 Å². The van der Waals surface area contributed by atoms with Crippen molar-refractivity contribution in [3.63, 3.8) is 0 Å². The molecule has 1 aromatic heterocycles. The number of nitrogens with one attached hydrogen (secondary N) is 1. The largest absolute Gasteiger partial charge is 0.489 e. The van der Waals surface area contributed by atoms with Gasteiger partial charge in [0.2, 0.25) is 5.91 Å². The number of benzene rings is 3. The summed E-state index contributed by atoms with van der Waals surface area (Å²) in [6, 6.07) is 30.5. The molecule has 0 saturated heterocycles. The van der Waals surface area contributed by atoms with Crippen LogP contribution in [-0.4, -0.2) is 18.4 Å². The van der Waals surface area contributed by atoms with E-state index in [4.69, 9.17) is 9.15 Å². The maximum atomic E-state index is 13.1. The van der Waals surface area contributed by atoms with Crippen LogP contribution in [0.15, 0.2) is 108 Å². The number of anilines is 1. The molecule has 6 heteroatoms. The first-order valence-corrected chi connectivity index (χ1v) is 11.1. The van der Waals surface area contributed by atoms with Crippen LogP contribution in [0.1, 0.15) is 28.1 Å². The van der Waals surface area contributed by atoms with Gasteiger partial charge in [0, 0.05) is 18.7 Å². The molecule has 1 N–H and O–H groups in total. The van der Waals surface area contributed by atoms with Crippen molar-refractivity contribution < 1.29 is 18.7 Å². The Morgan fingerprint density at radius 2 is 1.50 bits per heavy atom. The fourth-order valence-electron chi connectivity index (χ4n) is 3.46. The number of carbonyl (C=O) groups is 2. The lowest BCUT2D eigenvalue weighted by atomic mass is 10.1. The zero-order chi connectivity index (χ0) is 23.6. The molecule has 4 rings (SSSR count). The van der Waals surface area contributed by atoms with Gasteiger partial charge >= 0.3 is 0 Å². The summed E-state index contributed by atoms with van der Waals surface area (Å²) >= 11 is 0. The predicted molar refractivity (Wildman–Crippen MR) is 131 cm³/mol. The number of rotatable bonds is 10. The quantitative estimate of drug-likeness (QED) is 0.357. The topological polar surface area (TPSA) is 71.8 Å². The average Bonchev–Trinajstić information content (AvgIpc) is 3.43. The number of carbonyl (C=O) groups excluding carboxylic acids is 2. The van der Waals surface area contributed by atoms with E-state index < -0.39 is 0 Å². The smallest absolute Gasteiger partial charge is 0.286 e. The van der Waals surface area contributed by atoms with Crippen molar-refractivity contribution in [2.24, 2.45) is 0 Å². The lowest BCUT2D eigenvalue weighted by Crippen LogP contribution is -2.34. The van der Waals surface area contributed by atoms with Crippen LogP contribution in [-0.2, 0) is 17.9 Å². The predicted octanol–water partition coefficient (Wildman–Crippen LogP) is 5.21. The molecule has 0 saturated carbocycles. The molecule has 3 aromatic carbocycles. The third kappa shape index (κ3) is 6.36. The Bertz CT molecular complexity index is 1170.